The van der Waals surface area contributed by atoms with Crippen molar-refractivity contribution in [1.29, 1.82) is 0 Å². The summed E-state index contributed by atoms with van der Waals surface area (Å²) in [7, 11) is 3.02. The minimum absolute atomic E-state index is 0.0571. The number of hydrogen-bond donors (Lipinski definition) is 3. The van der Waals surface area contributed by atoms with Crippen molar-refractivity contribution in [3.8, 4) is 11.5 Å². The summed E-state index contributed by atoms with van der Waals surface area (Å²) in [5.74, 6) is 0.0200. The van der Waals surface area contributed by atoms with Gasteiger partial charge in [0.1, 0.15) is 18.0 Å². The average Bonchev–Trinajstić information content (AvgIpc) is 3.09. The van der Waals surface area contributed by atoms with Crippen molar-refractivity contribution in [3.05, 3.63) is 53.2 Å². The van der Waals surface area contributed by atoms with E-state index in [2.05, 4.69) is 20.9 Å². The fourth-order valence-corrected chi connectivity index (χ4v) is 2.74. The Hall–Kier alpha value is -3.79. The van der Waals surface area contributed by atoms with Gasteiger partial charge in [0.2, 0.25) is 5.91 Å². The number of nitrogens with zero attached hydrogens (tertiary/aromatic N) is 3. The van der Waals surface area contributed by atoms with E-state index in [1.165, 1.54) is 13.2 Å². The van der Waals surface area contributed by atoms with Gasteiger partial charge in [-0.05, 0) is 42.5 Å². The number of rotatable bonds is 7. The van der Waals surface area contributed by atoms with Gasteiger partial charge in [0.25, 0.3) is 5.91 Å². The normalized spacial score (nSPS) is 10.4. The largest absolute Gasteiger partial charge is 0.497 e. The van der Waals surface area contributed by atoms with E-state index in [1.807, 2.05) is 0 Å². The molecule has 0 aliphatic carbocycles. The summed E-state index contributed by atoms with van der Waals surface area (Å²) in [5, 5.41) is 13.3. The van der Waals surface area contributed by atoms with Crippen molar-refractivity contribution in [2.75, 3.05) is 30.6 Å². The topological polar surface area (TPSA) is 133 Å². The molecule has 10 nitrogen and oxygen atoms in total. The molecule has 0 spiro atoms. The Kier molecular flexibility index (Phi) is 6.38. The van der Waals surface area contributed by atoms with Gasteiger partial charge >= 0.3 is 0 Å². The third-order valence-corrected chi connectivity index (χ3v) is 4.30. The van der Waals surface area contributed by atoms with Crippen molar-refractivity contribution >= 4 is 40.6 Å². The van der Waals surface area contributed by atoms with Gasteiger partial charge in [-0.3, -0.25) is 9.59 Å². The lowest BCUT2D eigenvalue weighted by atomic mass is 10.2. The highest BCUT2D eigenvalue weighted by atomic mass is 35.5. The number of nitrogens with two attached hydrogens (primary N) is 1. The van der Waals surface area contributed by atoms with E-state index >= 15 is 0 Å². The van der Waals surface area contributed by atoms with E-state index in [-0.39, 0.29) is 24.0 Å². The lowest BCUT2D eigenvalue weighted by Crippen LogP contribution is -2.21. The number of anilines is 3. The third kappa shape index (κ3) is 4.78. The van der Waals surface area contributed by atoms with Gasteiger partial charge in [-0.1, -0.05) is 16.8 Å². The zero-order valence-electron chi connectivity index (χ0n) is 16.2. The van der Waals surface area contributed by atoms with Crippen molar-refractivity contribution < 1.29 is 19.1 Å². The van der Waals surface area contributed by atoms with Gasteiger partial charge in [0.05, 0.1) is 19.9 Å². The summed E-state index contributed by atoms with van der Waals surface area (Å²) >= 11 is 5.96. The predicted octanol–water partition coefficient (Wildman–Crippen LogP) is 2.42. The minimum atomic E-state index is -0.616. The number of methoxy groups -OCH3 is 2. The van der Waals surface area contributed by atoms with Crippen LogP contribution in [0.1, 0.15) is 10.5 Å². The van der Waals surface area contributed by atoms with Crippen LogP contribution < -0.4 is 25.8 Å². The number of benzene rings is 2. The summed E-state index contributed by atoms with van der Waals surface area (Å²) in [5.41, 5.74) is 6.75. The molecule has 0 aliphatic heterocycles. The number of carbonyl (C=O) groups excluding carboxylic acids is 2. The number of nitrogen functional groups attached to an aromatic ring is 1. The molecule has 1 aromatic heterocycles. The van der Waals surface area contributed by atoms with Crippen molar-refractivity contribution in [1.82, 2.24) is 15.0 Å². The molecule has 156 valence electrons. The molecule has 2 amide bonds. The number of halogens is 1. The van der Waals surface area contributed by atoms with Crippen LogP contribution in [0.15, 0.2) is 42.5 Å². The van der Waals surface area contributed by atoms with Crippen LogP contribution in [0.3, 0.4) is 0 Å². The van der Waals surface area contributed by atoms with Crippen LogP contribution in [0.5, 0.6) is 11.5 Å². The van der Waals surface area contributed by atoms with E-state index in [0.29, 0.717) is 27.9 Å². The maximum absolute atomic E-state index is 12.5. The molecule has 2 aromatic carbocycles. The molecule has 0 bridgehead atoms. The van der Waals surface area contributed by atoms with Gasteiger partial charge in [0.15, 0.2) is 11.5 Å². The van der Waals surface area contributed by atoms with Gasteiger partial charge in [-0.2, -0.15) is 0 Å². The molecule has 0 saturated carbocycles. The van der Waals surface area contributed by atoms with Gasteiger partial charge in [0, 0.05) is 10.7 Å². The Balaban J connectivity index is 1.68. The van der Waals surface area contributed by atoms with Crippen LogP contribution in [-0.4, -0.2) is 41.0 Å². The molecular formula is C19H19ClN6O4. The lowest BCUT2D eigenvalue weighted by Gasteiger charge is -2.10. The molecule has 0 radical (unpaired) electrons. The highest BCUT2D eigenvalue weighted by Crippen LogP contribution is 2.28. The minimum Gasteiger partial charge on any atom is -0.497 e. The van der Waals surface area contributed by atoms with Crippen LogP contribution in [0, 0.1) is 0 Å². The zero-order valence-corrected chi connectivity index (χ0v) is 16.9. The first-order chi connectivity index (χ1) is 14.4. The van der Waals surface area contributed by atoms with Crippen molar-refractivity contribution in [2.45, 2.75) is 6.54 Å². The number of amides is 2. The molecule has 0 saturated heterocycles. The smallest absolute Gasteiger partial charge is 0.280 e. The summed E-state index contributed by atoms with van der Waals surface area (Å²) in [6, 6.07) is 11.6. The fraction of sp³-hybridized carbons (Fsp3) is 0.158. The Morgan fingerprint density at radius 1 is 1.10 bits per heavy atom. The van der Waals surface area contributed by atoms with E-state index in [1.54, 1.807) is 43.5 Å². The Morgan fingerprint density at radius 2 is 1.83 bits per heavy atom. The summed E-state index contributed by atoms with van der Waals surface area (Å²) in [4.78, 5) is 24.8. The summed E-state index contributed by atoms with van der Waals surface area (Å²) < 4.78 is 11.4. The number of hydrogen-bond acceptors (Lipinski definition) is 7. The first-order valence-electron chi connectivity index (χ1n) is 8.69. The highest BCUT2D eigenvalue weighted by molar-refractivity contribution is 6.31. The number of aromatic nitrogens is 3. The van der Waals surface area contributed by atoms with E-state index < -0.39 is 5.91 Å². The van der Waals surface area contributed by atoms with Crippen LogP contribution in [0.25, 0.3) is 0 Å². The van der Waals surface area contributed by atoms with E-state index in [0.717, 1.165) is 4.68 Å². The van der Waals surface area contributed by atoms with Crippen LogP contribution in [0.2, 0.25) is 5.02 Å². The predicted molar refractivity (Wildman–Crippen MR) is 112 cm³/mol. The Morgan fingerprint density at radius 3 is 2.50 bits per heavy atom. The Labute approximate surface area is 176 Å². The standard InChI is InChI=1S/C19H19ClN6O4/c1-29-13-6-4-12(5-7-13)22-16(27)10-26-18(21)17(24-25-26)19(28)23-14-9-11(20)3-8-15(14)30-2/h3-9H,10,21H2,1-2H3,(H,22,27)(H,23,28). The fourth-order valence-electron chi connectivity index (χ4n) is 2.57. The number of nitrogens with one attached hydrogen (secondary N) is 2. The second-order valence-electron chi connectivity index (χ2n) is 6.06. The molecule has 3 rings (SSSR count). The second-order valence-corrected chi connectivity index (χ2v) is 6.49. The maximum atomic E-state index is 12.5. The van der Waals surface area contributed by atoms with E-state index in [4.69, 9.17) is 26.8 Å². The SMILES string of the molecule is COc1ccc(NC(=O)Cn2nnc(C(=O)Nc3cc(Cl)ccc3OC)c2N)cc1. The van der Waals surface area contributed by atoms with E-state index in [9.17, 15) is 9.59 Å². The van der Waals surface area contributed by atoms with Crippen LogP contribution in [0.4, 0.5) is 17.2 Å². The molecule has 3 aromatic rings. The van der Waals surface area contributed by atoms with Crippen molar-refractivity contribution in [3.63, 3.8) is 0 Å². The monoisotopic (exact) mass is 430 g/mol. The number of ether oxygens (including phenoxy) is 2. The molecule has 0 unspecified atom stereocenters. The molecule has 30 heavy (non-hydrogen) atoms. The van der Waals surface area contributed by atoms with Crippen molar-refractivity contribution in [2.24, 2.45) is 0 Å². The molecule has 11 heteroatoms. The quantitative estimate of drug-likeness (QED) is 0.524. The zero-order chi connectivity index (χ0) is 21.7. The summed E-state index contributed by atoms with van der Waals surface area (Å²) in [6.45, 7) is -0.224. The average molecular weight is 431 g/mol. The first kappa shape index (κ1) is 20.9. The molecule has 0 fully saturated rings. The highest BCUT2D eigenvalue weighted by Gasteiger charge is 2.20. The molecule has 0 atom stereocenters. The molecule has 4 N–H and O–H groups in total. The summed E-state index contributed by atoms with van der Waals surface area (Å²) in [6.07, 6.45) is 0. The second kappa shape index (κ2) is 9.14. The first-order valence-corrected chi connectivity index (χ1v) is 9.07. The lowest BCUT2D eigenvalue weighted by molar-refractivity contribution is -0.116. The molecular weight excluding hydrogens is 412 g/mol. The molecule has 1 heterocycles. The third-order valence-electron chi connectivity index (χ3n) is 4.07. The van der Waals surface area contributed by atoms with Gasteiger partial charge in [-0.25, -0.2) is 4.68 Å². The van der Waals surface area contributed by atoms with Crippen LogP contribution in [-0.2, 0) is 11.3 Å². The Bertz CT molecular complexity index is 1070. The van der Waals surface area contributed by atoms with Gasteiger partial charge < -0.3 is 25.8 Å². The number of carbonyl (C=O) groups is 2. The maximum Gasteiger partial charge on any atom is 0.280 e. The van der Waals surface area contributed by atoms with Crippen LogP contribution >= 0.6 is 11.6 Å². The van der Waals surface area contributed by atoms with Gasteiger partial charge in [-0.15, -0.1) is 5.10 Å². The molecule has 0 aliphatic rings.